The Kier molecular flexibility index (Phi) is 11.0. The van der Waals surface area contributed by atoms with Crippen molar-refractivity contribution in [3.63, 3.8) is 0 Å². The van der Waals surface area contributed by atoms with Crippen LogP contribution in [0.4, 0.5) is 0 Å². The minimum Gasteiger partial charge on any atom is -0.0807 e. The van der Waals surface area contributed by atoms with Crippen LogP contribution >= 0.6 is 7.92 Å². The molecule has 2 aliphatic rings. The van der Waals surface area contributed by atoms with Gasteiger partial charge < -0.3 is 0 Å². The van der Waals surface area contributed by atoms with Gasteiger partial charge in [-0.3, -0.25) is 0 Å². The molecule has 0 atom stereocenters. The Labute approximate surface area is 217 Å². The molecule has 0 radical (unpaired) electrons. The van der Waals surface area contributed by atoms with Gasteiger partial charge in [-0.2, -0.15) is 0 Å². The van der Waals surface area contributed by atoms with Crippen LogP contribution in [-0.4, -0.2) is 11.3 Å². The first-order valence-corrected chi connectivity index (χ1v) is 16.5. The fourth-order valence-corrected chi connectivity index (χ4v) is 10.5. The number of allylic oxidation sites excluding steroid dienone is 2. The second-order valence-corrected chi connectivity index (χ2v) is 13.8. The van der Waals surface area contributed by atoms with E-state index in [0.29, 0.717) is 0 Å². The van der Waals surface area contributed by atoms with Gasteiger partial charge in [-0.1, -0.05) is 134 Å². The molecular weight excluding hydrogens is 439 g/mol. The monoisotopic (exact) mass is 488 g/mol. The van der Waals surface area contributed by atoms with E-state index < -0.39 is 0 Å². The number of benzene rings is 2. The lowest BCUT2D eigenvalue weighted by Crippen LogP contribution is -2.27. The highest BCUT2D eigenvalue weighted by molar-refractivity contribution is 7.67. The van der Waals surface area contributed by atoms with Crippen LogP contribution in [-0.2, 0) is 0 Å². The largest absolute Gasteiger partial charge is 0.0807 e. The summed E-state index contributed by atoms with van der Waals surface area (Å²) in [5.74, 6) is 0. The SMILES string of the molecule is CCCC/C=C(\CCCC)c1ccccc1-c1ccccc1P(C1CCCCC1)C1CCCCC1. The van der Waals surface area contributed by atoms with Gasteiger partial charge in [0, 0.05) is 0 Å². The van der Waals surface area contributed by atoms with Crippen molar-refractivity contribution in [3.05, 3.63) is 60.2 Å². The van der Waals surface area contributed by atoms with Crippen molar-refractivity contribution in [2.24, 2.45) is 0 Å². The van der Waals surface area contributed by atoms with Gasteiger partial charge in [-0.05, 0) is 83.8 Å². The molecule has 0 heterocycles. The van der Waals surface area contributed by atoms with Crippen LogP contribution in [0.2, 0.25) is 0 Å². The summed E-state index contributed by atoms with van der Waals surface area (Å²) in [6.07, 6.45) is 24.7. The summed E-state index contributed by atoms with van der Waals surface area (Å²) in [6.45, 7) is 4.63. The summed E-state index contributed by atoms with van der Waals surface area (Å²) in [4.78, 5) is 0. The Morgan fingerprint density at radius 3 is 1.91 bits per heavy atom. The van der Waals surface area contributed by atoms with Crippen LogP contribution in [0.15, 0.2) is 54.6 Å². The Hall–Kier alpha value is -1.39. The lowest BCUT2D eigenvalue weighted by molar-refractivity contribution is 0.487. The van der Waals surface area contributed by atoms with Crippen LogP contribution < -0.4 is 5.30 Å². The number of unbranched alkanes of at least 4 members (excludes halogenated alkanes) is 3. The summed E-state index contributed by atoms with van der Waals surface area (Å²) in [5.41, 5.74) is 8.03. The van der Waals surface area contributed by atoms with Gasteiger partial charge in [0.2, 0.25) is 0 Å². The summed E-state index contributed by atoms with van der Waals surface area (Å²) < 4.78 is 0. The molecule has 0 aliphatic heterocycles. The second kappa shape index (κ2) is 14.4. The molecule has 2 saturated carbocycles. The van der Waals surface area contributed by atoms with E-state index in [2.05, 4.69) is 68.5 Å². The van der Waals surface area contributed by atoms with Crippen LogP contribution in [0.25, 0.3) is 16.7 Å². The fourth-order valence-electron chi connectivity index (χ4n) is 6.53. The van der Waals surface area contributed by atoms with Gasteiger partial charge in [-0.15, -0.1) is 0 Å². The highest BCUT2D eigenvalue weighted by Gasteiger charge is 2.33. The van der Waals surface area contributed by atoms with Gasteiger partial charge in [-0.25, -0.2) is 0 Å². The summed E-state index contributed by atoms with van der Waals surface area (Å²) in [7, 11) is -0.112. The molecule has 190 valence electrons. The minimum atomic E-state index is -0.112. The van der Waals surface area contributed by atoms with Crippen LogP contribution in [0.3, 0.4) is 0 Å². The molecule has 4 rings (SSSR count). The summed E-state index contributed by atoms with van der Waals surface area (Å²) in [5, 5.41) is 1.73. The molecule has 2 aromatic carbocycles. The van der Waals surface area contributed by atoms with Gasteiger partial charge in [0.05, 0.1) is 0 Å². The summed E-state index contributed by atoms with van der Waals surface area (Å²) >= 11 is 0. The number of hydrogen-bond donors (Lipinski definition) is 0. The molecular formula is C34H49P. The molecule has 0 amide bonds. The molecule has 0 nitrogen and oxygen atoms in total. The van der Waals surface area contributed by atoms with E-state index in [1.807, 2.05) is 0 Å². The predicted molar refractivity (Wildman–Crippen MR) is 159 cm³/mol. The zero-order valence-electron chi connectivity index (χ0n) is 22.6. The Balaban J connectivity index is 1.77. The fraction of sp³-hybridized carbons (Fsp3) is 0.588. The molecule has 0 saturated heterocycles. The average Bonchev–Trinajstić information content (AvgIpc) is 2.92. The first-order valence-electron chi connectivity index (χ1n) is 15.0. The van der Waals surface area contributed by atoms with Crippen molar-refractivity contribution in [2.45, 2.75) is 128 Å². The summed E-state index contributed by atoms with van der Waals surface area (Å²) in [6, 6.07) is 19.1. The van der Waals surface area contributed by atoms with E-state index in [1.165, 1.54) is 114 Å². The van der Waals surface area contributed by atoms with E-state index in [0.717, 1.165) is 11.3 Å². The Morgan fingerprint density at radius 1 is 0.714 bits per heavy atom. The van der Waals surface area contributed by atoms with Gasteiger partial charge in [0.25, 0.3) is 0 Å². The highest BCUT2D eigenvalue weighted by Crippen LogP contribution is 2.56. The van der Waals surface area contributed by atoms with Crippen LogP contribution in [0.5, 0.6) is 0 Å². The van der Waals surface area contributed by atoms with Crippen LogP contribution in [0, 0.1) is 0 Å². The molecule has 1 heteroatoms. The number of rotatable bonds is 11. The highest BCUT2D eigenvalue weighted by atomic mass is 31.1. The maximum atomic E-state index is 2.58. The third-order valence-electron chi connectivity index (χ3n) is 8.43. The van der Waals surface area contributed by atoms with Crippen molar-refractivity contribution in [2.75, 3.05) is 0 Å². The minimum absolute atomic E-state index is 0.112. The van der Waals surface area contributed by atoms with Crippen molar-refractivity contribution < 1.29 is 0 Å². The molecule has 0 N–H and O–H groups in total. The van der Waals surface area contributed by atoms with Gasteiger partial charge in [0.15, 0.2) is 0 Å². The predicted octanol–water partition coefficient (Wildman–Crippen LogP) is 10.9. The van der Waals surface area contributed by atoms with E-state index in [9.17, 15) is 0 Å². The topological polar surface area (TPSA) is 0 Å². The Bertz CT molecular complexity index is 896. The molecule has 35 heavy (non-hydrogen) atoms. The lowest BCUT2D eigenvalue weighted by Gasteiger charge is -2.39. The van der Waals surface area contributed by atoms with Crippen molar-refractivity contribution in [1.29, 1.82) is 0 Å². The molecule has 2 aliphatic carbocycles. The third-order valence-corrected chi connectivity index (χ3v) is 12.0. The maximum Gasteiger partial charge on any atom is -0.0101 e. The zero-order chi connectivity index (χ0) is 24.3. The van der Waals surface area contributed by atoms with Gasteiger partial charge >= 0.3 is 0 Å². The van der Waals surface area contributed by atoms with E-state index in [-0.39, 0.29) is 7.92 Å². The van der Waals surface area contributed by atoms with E-state index in [1.54, 1.807) is 16.4 Å². The molecule has 2 fully saturated rings. The first-order chi connectivity index (χ1) is 17.3. The molecule has 2 aromatic rings. The van der Waals surface area contributed by atoms with Crippen molar-refractivity contribution >= 4 is 18.8 Å². The smallest absolute Gasteiger partial charge is 0.0101 e. The quantitative estimate of drug-likeness (QED) is 0.218. The third kappa shape index (κ3) is 7.10. The standard InChI is InChI=1S/C34H49P/c1-3-5-9-19-28(18-6-4-2)31-24-14-15-25-32(31)33-26-16-17-27-34(33)35(29-20-10-7-11-21-29)30-22-12-8-13-23-30/h14-17,19,24-27,29-30H,3-13,18,20-23H2,1-2H3/b28-19+. The molecule has 0 bridgehead atoms. The van der Waals surface area contributed by atoms with Crippen molar-refractivity contribution in [3.8, 4) is 11.1 Å². The lowest BCUT2D eigenvalue weighted by atomic mass is 9.91. The number of hydrogen-bond acceptors (Lipinski definition) is 0. The molecule has 0 unspecified atom stereocenters. The molecule has 0 aromatic heterocycles. The first kappa shape index (κ1) is 26.7. The van der Waals surface area contributed by atoms with E-state index >= 15 is 0 Å². The average molecular weight is 489 g/mol. The normalized spacial score (nSPS) is 18.3. The molecule has 0 spiro atoms. The zero-order valence-corrected chi connectivity index (χ0v) is 23.5. The van der Waals surface area contributed by atoms with E-state index in [4.69, 9.17) is 0 Å². The maximum absolute atomic E-state index is 2.58. The second-order valence-electron chi connectivity index (χ2n) is 11.0. The Morgan fingerprint density at radius 2 is 1.29 bits per heavy atom. The van der Waals surface area contributed by atoms with Gasteiger partial charge in [0.1, 0.15) is 0 Å². The van der Waals surface area contributed by atoms with Crippen LogP contribution in [0.1, 0.15) is 122 Å². The van der Waals surface area contributed by atoms with Crippen molar-refractivity contribution in [1.82, 2.24) is 0 Å².